The zero-order valence-corrected chi connectivity index (χ0v) is 27.8. The highest BCUT2D eigenvalue weighted by Gasteiger charge is 2.17. The smallest absolute Gasteiger partial charge is 0.160 e. The van der Waals surface area contributed by atoms with Gasteiger partial charge in [-0.05, 0) is 47.5 Å². The lowest BCUT2D eigenvalue weighted by Gasteiger charge is -2.09. The van der Waals surface area contributed by atoms with Crippen LogP contribution in [0.5, 0.6) is 0 Å². The van der Waals surface area contributed by atoms with E-state index < -0.39 is 0 Å². The van der Waals surface area contributed by atoms with Crippen LogP contribution in [-0.2, 0) is 0 Å². The number of nitrogens with zero attached hydrogens (tertiary/aromatic N) is 3. The van der Waals surface area contributed by atoms with Crippen molar-refractivity contribution in [2.75, 3.05) is 0 Å². The van der Waals surface area contributed by atoms with Gasteiger partial charge in [0.25, 0.3) is 0 Å². The standard InChI is InChI=1S/C46H29N3S/c1-4-13-30(14-5-1)35-20-12-22-42-45(35)38-19-10-11-21-41(38)49(42)34-24-26-37-36-25-23-33(27-43(36)50-44(37)28-34)40-29-39(31-15-6-2-7-16-31)47-46(48-40)32-17-8-3-9-18-32/h1-29H. The van der Waals surface area contributed by atoms with Crippen molar-refractivity contribution in [1.82, 2.24) is 14.5 Å². The second kappa shape index (κ2) is 11.7. The average Bonchev–Trinajstić information content (AvgIpc) is 3.73. The van der Waals surface area contributed by atoms with Gasteiger partial charge in [-0.1, -0.05) is 140 Å². The molecule has 0 bridgehead atoms. The van der Waals surface area contributed by atoms with Gasteiger partial charge in [-0.2, -0.15) is 0 Å². The highest BCUT2D eigenvalue weighted by molar-refractivity contribution is 7.25. The monoisotopic (exact) mass is 655 g/mol. The molecule has 3 nitrogen and oxygen atoms in total. The zero-order valence-electron chi connectivity index (χ0n) is 27.0. The summed E-state index contributed by atoms with van der Waals surface area (Å²) >= 11 is 1.84. The van der Waals surface area contributed by atoms with E-state index in [0.29, 0.717) is 0 Å². The molecule has 4 heteroatoms. The van der Waals surface area contributed by atoms with E-state index in [1.165, 1.54) is 53.1 Å². The summed E-state index contributed by atoms with van der Waals surface area (Å²) in [6.45, 7) is 0. The molecule has 50 heavy (non-hydrogen) atoms. The van der Waals surface area contributed by atoms with Crippen molar-refractivity contribution in [1.29, 1.82) is 0 Å². The van der Waals surface area contributed by atoms with Crippen LogP contribution in [-0.4, -0.2) is 14.5 Å². The Bertz CT molecular complexity index is 2800. The third kappa shape index (κ3) is 4.73. The van der Waals surface area contributed by atoms with Crippen LogP contribution in [0.2, 0.25) is 0 Å². The lowest BCUT2D eigenvalue weighted by molar-refractivity contribution is 1.18. The van der Waals surface area contributed by atoms with Crippen molar-refractivity contribution >= 4 is 53.3 Å². The van der Waals surface area contributed by atoms with E-state index in [1.807, 2.05) is 35.6 Å². The van der Waals surface area contributed by atoms with Crippen LogP contribution in [0.15, 0.2) is 176 Å². The lowest BCUT2D eigenvalue weighted by Crippen LogP contribution is -1.95. The van der Waals surface area contributed by atoms with Crippen molar-refractivity contribution < 1.29 is 0 Å². The second-order valence-electron chi connectivity index (χ2n) is 12.6. The maximum atomic E-state index is 5.09. The van der Waals surface area contributed by atoms with E-state index in [2.05, 4.69) is 156 Å². The van der Waals surface area contributed by atoms with Crippen LogP contribution in [0.3, 0.4) is 0 Å². The van der Waals surface area contributed by atoms with Crippen molar-refractivity contribution in [2.24, 2.45) is 0 Å². The minimum absolute atomic E-state index is 0.727. The van der Waals surface area contributed by atoms with Gasteiger partial charge in [0, 0.05) is 53.3 Å². The highest BCUT2D eigenvalue weighted by Crippen LogP contribution is 2.41. The molecule has 0 N–H and O–H groups in total. The van der Waals surface area contributed by atoms with Gasteiger partial charge in [0.1, 0.15) is 0 Å². The van der Waals surface area contributed by atoms with Gasteiger partial charge in [0.2, 0.25) is 0 Å². The van der Waals surface area contributed by atoms with Crippen LogP contribution >= 0.6 is 11.3 Å². The molecule has 0 saturated heterocycles. The number of fused-ring (bicyclic) bond motifs is 6. The van der Waals surface area contributed by atoms with Gasteiger partial charge in [-0.15, -0.1) is 11.3 Å². The Labute approximate surface area is 293 Å². The zero-order chi connectivity index (χ0) is 33.0. The fourth-order valence-corrected chi connectivity index (χ4v) is 8.47. The molecule has 0 aliphatic heterocycles. The number of hydrogen-bond acceptors (Lipinski definition) is 3. The van der Waals surface area contributed by atoms with Crippen LogP contribution in [0.1, 0.15) is 0 Å². The molecule has 10 aromatic rings. The molecule has 0 atom stereocenters. The molecular formula is C46H29N3S. The Morgan fingerprint density at radius 3 is 1.76 bits per heavy atom. The van der Waals surface area contributed by atoms with Crippen LogP contribution < -0.4 is 0 Å². The Morgan fingerprint density at radius 1 is 0.400 bits per heavy atom. The van der Waals surface area contributed by atoms with Crippen LogP contribution in [0.25, 0.3) is 92.7 Å². The minimum atomic E-state index is 0.727. The van der Waals surface area contributed by atoms with Crippen LogP contribution in [0, 0.1) is 0 Å². The first-order chi connectivity index (χ1) is 24.8. The summed E-state index contributed by atoms with van der Waals surface area (Å²) in [6.07, 6.45) is 0. The largest absolute Gasteiger partial charge is 0.309 e. The molecule has 0 radical (unpaired) electrons. The minimum Gasteiger partial charge on any atom is -0.309 e. The maximum absolute atomic E-state index is 5.09. The number of para-hydroxylation sites is 1. The van der Waals surface area contributed by atoms with E-state index >= 15 is 0 Å². The Hall–Kier alpha value is -6.36. The van der Waals surface area contributed by atoms with E-state index in [9.17, 15) is 0 Å². The van der Waals surface area contributed by atoms with E-state index in [1.54, 1.807) is 0 Å². The molecule has 0 fully saturated rings. The molecule has 10 rings (SSSR count). The summed E-state index contributed by atoms with van der Waals surface area (Å²) in [5.41, 5.74) is 11.1. The summed E-state index contributed by atoms with van der Waals surface area (Å²) in [6, 6.07) is 62.5. The summed E-state index contributed by atoms with van der Waals surface area (Å²) in [5.74, 6) is 0.727. The van der Waals surface area contributed by atoms with Gasteiger partial charge >= 0.3 is 0 Å². The van der Waals surface area contributed by atoms with E-state index in [-0.39, 0.29) is 0 Å². The summed E-state index contributed by atoms with van der Waals surface area (Å²) in [4.78, 5) is 10.1. The first-order valence-electron chi connectivity index (χ1n) is 16.8. The number of hydrogen-bond donors (Lipinski definition) is 0. The third-order valence-electron chi connectivity index (χ3n) is 9.62. The van der Waals surface area contributed by atoms with Gasteiger partial charge in [0.05, 0.1) is 22.4 Å². The van der Waals surface area contributed by atoms with Crippen LogP contribution in [0.4, 0.5) is 0 Å². The molecule has 0 aliphatic rings. The highest BCUT2D eigenvalue weighted by atomic mass is 32.1. The van der Waals surface area contributed by atoms with E-state index in [0.717, 1.165) is 39.6 Å². The Kier molecular flexibility index (Phi) is 6.68. The van der Waals surface area contributed by atoms with E-state index in [4.69, 9.17) is 9.97 Å². The van der Waals surface area contributed by atoms with Gasteiger partial charge in [0.15, 0.2) is 5.82 Å². The summed E-state index contributed by atoms with van der Waals surface area (Å²) < 4.78 is 4.92. The average molecular weight is 656 g/mol. The molecule has 0 aliphatic carbocycles. The molecular weight excluding hydrogens is 627 g/mol. The number of aromatic nitrogens is 3. The first-order valence-corrected chi connectivity index (χ1v) is 17.6. The predicted octanol–water partition coefficient (Wildman–Crippen LogP) is 12.6. The third-order valence-corrected chi connectivity index (χ3v) is 10.7. The molecule has 3 heterocycles. The Morgan fingerprint density at radius 2 is 1.00 bits per heavy atom. The molecule has 0 spiro atoms. The van der Waals surface area contributed by atoms with Gasteiger partial charge in [-0.25, -0.2) is 9.97 Å². The SMILES string of the molecule is c1ccc(-c2cc(-c3ccc4c(c3)sc3cc(-n5c6ccccc6c6c(-c7ccccc7)cccc65)ccc34)nc(-c3ccccc3)n2)cc1. The Balaban J connectivity index is 1.12. The van der Waals surface area contributed by atoms with Crippen molar-refractivity contribution in [3.05, 3.63) is 176 Å². The number of benzene rings is 7. The topological polar surface area (TPSA) is 30.7 Å². The summed E-state index contributed by atoms with van der Waals surface area (Å²) in [7, 11) is 0. The quantitative estimate of drug-likeness (QED) is 0.185. The molecule has 0 unspecified atom stereocenters. The van der Waals surface area contributed by atoms with Crippen molar-refractivity contribution in [3.8, 4) is 50.7 Å². The lowest BCUT2D eigenvalue weighted by atomic mass is 9.99. The molecule has 0 amide bonds. The first kappa shape index (κ1) is 28.6. The normalized spacial score (nSPS) is 11.6. The van der Waals surface area contributed by atoms with Crippen molar-refractivity contribution in [2.45, 2.75) is 0 Å². The number of thiophene rings is 1. The fourth-order valence-electron chi connectivity index (χ4n) is 7.29. The summed E-state index contributed by atoms with van der Waals surface area (Å²) in [5, 5.41) is 5.07. The van der Waals surface area contributed by atoms with Gasteiger partial charge < -0.3 is 4.57 Å². The predicted molar refractivity (Wildman–Crippen MR) is 211 cm³/mol. The van der Waals surface area contributed by atoms with Crippen molar-refractivity contribution in [3.63, 3.8) is 0 Å². The second-order valence-corrected chi connectivity index (χ2v) is 13.7. The molecule has 3 aromatic heterocycles. The molecule has 7 aromatic carbocycles. The number of rotatable bonds is 5. The fraction of sp³-hybridized carbons (Fsp3) is 0. The maximum Gasteiger partial charge on any atom is 0.160 e. The molecule has 0 saturated carbocycles. The molecule has 234 valence electrons. The van der Waals surface area contributed by atoms with Gasteiger partial charge in [-0.3, -0.25) is 0 Å².